The van der Waals surface area contributed by atoms with E-state index in [1.807, 2.05) is 6.92 Å². The van der Waals surface area contributed by atoms with Crippen molar-refractivity contribution in [3.63, 3.8) is 0 Å². The lowest BCUT2D eigenvalue weighted by Crippen LogP contribution is -2.15. The molecular formula is C16H12F3N5O3S. The first kappa shape index (κ1) is 19.6. The van der Waals surface area contributed by atoms with Crippen molar-refractivity contribution >= 4 is 34.7 Å². The van der Waals surface area contributed by atoms with Gasteiger partial charge in [0.1, 0.15) is 5.56 Å². The fourth-order valence-electron chi connectivity index (χ4n) is 2.42. The average Bonchev–Trinajstić information content (AvgIpc) is 3.03. The monoisotopic (exact) mass is 411 g/mol. The van der Waals surface area contributed by atoms with E-state index in [1.165, 1.54) is 24.0 Å². The molecule has 0 saturated carbocycles. The Morgan fingerprint density at radius 3 is 2.68 bits per heavy atom. The number of aromatic nitrogens is 3. The van der Waals surface area contributed by atoms with Crippen molar-refractivity contribution in [2.45, 2.75) is 18.3 Å². The number of pyridine rings is 1. The number of amides is 1. The second-order valence-electron chi connectivity index (χ2n) is 5.50. The van der Waals surface area contributed by atoms with Gasteiger partial charge in [0.05, 0.1) is 16.2 Å². The van der Waals surface area contributed by atoms with E-state index in [2.05, 4.69) is 15.5 Å². The Morgan fingerprint density at radius 2 is 2.04 bits per heavy atom. The van der Waals surface area contributed by atoms with Crippen LogP contribution in [-0.2, 0) is 6.18 Å². The quantitative estimate of drug-likeness (QED) is 0.386. The molecule has 0 aliphatic carbocycles. The van der Waals surface area contributed by atoms with Crippen LogP contribution in [-0.4, -0.2) is 31.2 Å². The van der Waals surface area contributed by atoms with Crippen molar-refractivity contribution in [1.82, 2.24) is 14.6 Å². The molecule has 3 rings (SSSR count). The standard InChI is InChI=1S/C16H12F3N5O3S/c1-2-28-15-22-21-13-6-4-10(8-23(13)15)20-14(25)11-5-3-9(16(17,18)19)7-12(11)24(26)27/h3-8H,2H2,1H3,(H,20,25). The number of hydrogen-bond donors (Lipinski definition) is 1. The van der Waals surface area contributed by atoms with Gasteiger partial charge in [0, 0.05) is 12.3 Å². The lowest BCUT2D eigenvalue weighted by molar-refractivity contribution is -0.385. The Kier molecular flexibility index (Phi) is 5.23. The highest BCUT2D eigenvalue weighted by Gasteiger charge is 2.34. The van der Waals surface area contributed by atoms with Gasteiger partial charge in [-0.2, -0.15) is 13.2 Å². The molecule has 1 amide bonds. The maximum absolute atomic E-state index is 12.8. The SMILES string of the molecule is CCSc1nnc2ccc(NC(=O)c3ccc(C(F)(F)F)cc3[N+](=O)[O-])cn12. The molecule has 0 saturated heterocycles. The first-order valence-electron chi connectivity index (χ1n) is 7.85. The third-order valence-electron chi connectivity index (χ3n) is 3.67. The van der Waals surface area contributed by atoms with Crippen LogP contribution in [0.15, 0.2) is 41.7 Å². The number of carbonyl (C=O) groups excluding carboxylic acids is 1. The Balaban J connectivity index is 1.93. The van der Waals surface area contributed by atoms with E-state index in [9.17, 15) is 28.1 Å². The van der Waals surface area contributed by atoms with Crippen molar-refractivity contribution < 1.29 is 22.9 Å². The highest BCUT2D eigenvalue weighted by atomic mass is 32.2. The Bertz CT molecular complexity index is 1070. The van der Waals surface area contributed by atoms with Crippen molar-refractivity contribution in [3.05, 3.63) is 57.8 Å². The van der Waals surface area contributed by atoms with Gasteiger partial charge in [0.2, 0.25) is 0 Å². The minimum absolute atomic E-state index is 0.282. The molecule has 0 atom stereocenters. The number of carbonyl (C=O) groups is 1. The Labute approximate surface area is 159 Å². The summed E-state index contributed by atoms with van der Waals surface area (Å²) in [6.45, 7) is 1.93. The Morgan fingerprint density at radius 1 is 1.29 bits per heavy atom. The lowest BCUT2D eigenvalue weighted by atomic mass is 10.1. The molecule has 28 heavy (non-hydrogen) atoms. The molecule has 0 fully saturated rings. The minimum atomic E-state index is -4.76. The number of nitrogens with one attached hydrogen (secondary N) is 1. The lowest BCUT2D eigenvalue weighted by Gasteiger charge is -2.10. The second-order valence-corrected chi connectivity index (χ2v) is 6.73. The number of nitro groups is 1. The van der Waals surface area contributed by atoms with E-state index < -0.39 is 33.8 Å². The highest BCUT2D eigenvalue weighted by molar-refractivity contribution is 7.99. The van der Waals surface area contributed by atoms with Crippen molar-refractivity contribution in [2.24, 2.45) is 0 Å². The molecule has 2 aromatic heterocycles. The molecule has 1 aromatic carbocycles. The van der Waals surface area contributed by atoms with E-state index in [0.717, 1.165) is 11.8 Å². The summed E-state index contributed by atoms with van der Waals surface area (Å²) in [5.41, 5.74) is -1.80. The largest absolute Gasteiger partial charge is 0.416 e. The number of anilines is 1. The predicted molar refractivity (Wildman–Crippen MR) is 95.4 cm³/mol. The van der Waals surface area contributed by atoms with Crippen LogP contribution in [0.4, 0.5) is 24.5 Å². The molecule has 0 spiro atoms. The van der Waals surface area contributed by atoms with Gasteiger partial charge in [-0.3, -0.25) is 19.3 Å². The molecule has 1 N–H and O–H groups in total. The predicted octanol–water partition coefficient (Wildman–Crippen LogP) is 4.02. The molecule has 0 aliphatic rings. The van der Waals surface area contributed by atoms with Gasteiger partial charge in [0.15, 0.2) is 10.8 Å². The summed E-state index contributed by atoms with van der Waals surface area (Å²) in [7, 11) is 0. The van der Waals surface area contributed by atoms with Gasteiger partial charge < -0.3 is 5.32 Å². The molecule has 2 heterocycles. The van der Waals surface area contributed by atoms with Crippen LogP contribution in [0.3, 0.4) is 0 Å². The topological polar surface area (TPSA) is 102 Å². The average molecular weight is 411 g/mol. The zero-order chi connectivity index (χ0) is 20.5. The summed E-state index contributed by atoms with van der Waals surface area (Å²) < 4.78 is 40.0. The molecular weight excluding hydrogens is 399 g/mol. The number of nitro benzene ring substituents is 1. The van der Waals surface area contributed by atoms with E-state index in [0.29, 0.717) is 22.9 Å². The van der Waals surface area contributed by atoms with Crippen LogP contribution in [0.25, 0.3) is 5.65 Å². The van der Waals surface area contributed by atoms with E-state index in [-0.39, 0.29) is 5.69 Å². The molecule has 8 nitrogen and oxygen atoms in total. The van der Waals surface area contributed by atoms with Crippen LogP contribution in [0.5, 0.6) is 0 Å². The third kappa shape index (κ3) is 3.91. The zero-order valence-corrected chi connectivity index (χ0v) is 15.0. The first-order valence-corrected chi connectivity index (χ1v) is 8.84. The Hall–Kier alpha value is -3.15. The summed E-state index contributed by atoms with van der Waals surface area (Å²) in [5.74, 6) is -0.160. The number of alkyl halides is 3. The summed E-state index contributed by atoms with van der Waals surface area (Å²) in [6.07, 6.45) is -3.23. The number of benzene rings is 1. The highest BCUT2D eigenvalue weighted by Crippen LogP contribution is 2.33. The molecule has 0 bridgehead atoms. The molecule has 0 unspecified atom stereocenters. The smallest absolute Gasteiger partial charge is 0.320 e. The fraction of sp³-hybridized carbons (Fsp3) is 0.188. The van der Waals surface area contributed by atoms with Crippen molar-refractivity contribution in [1.29, 1.82) is 0 Å². The normalized spacial score (nSPS) is 11.6. The van der Waals surface area contributed by atoms with Crippen LogP contribution in [0, 0.1) is 10.1 Å². The number of rotatable bonds is 5. The molecule has 0 radical (unpaired) electrons. The van der Waals surface area contributed by atoms with Crippen LogP contribution < -0.4 is 5.32 Å². The van der Waals surface area contributed by atoms with Gasteiger partial charge >= 0.3 is 6.18 Å². The summed E-state index contributed by atoms with van der Waals surface area (Å²) in [4.78, 5) is 22.6. The van der Waals surface area contributed by atoms with E-state index in [1.54, 1.807) is 10.5 Å². The third-order valence-corrected chi connectivity index (χ3v) is 4.49. The van der Waals surface area contributed by atoms with Gasteiger partial charge in [-0.15, -0.1) is 10.2 Å². The second kappa shape index (κ2) is 7.46. The van der Waals surface area contributed by atoms with E-state index >= 15 is 0 Å². The van der Waals surface area contributed by atoms with Crippen LogP contribution >= 0.6 is 11.8 Å². The summed E-state index contributed by atoms with van der Waals surface area (Å²) >= 11 is 1.43. The van der Waals surface area contributed by atoms with Gasteiger partial charge in [-0.05, 0) is 30.0 Å². The number of halogens is 3. The fourth-order valence-corrected chi connectivity index (χ4v) is 3.06. The summed E-state index contributed by atoms with van der Waals surface area (Å²) in [6, 6.07) is 4.85. The van der Waals surface area contributed by atoms with Crippen LogP contribution in [0.1, 0.15) is 22.8 Å². The number of hydrogen-bond acceptors (Lipinski definition) is 6. The van der Waals surface area contributed by atoms with Crippen molar-refractivity contribution in [3.8, 4) is 0 Å². The summed E-state index contributed by atoms with van der Waals surface area (Å²) in [5, 5.41) is 22.2. The maximum atomic E-state index is 12.8. The van der Waals surface area contributed by atoms with E-state index in [4.69, 9.17) is 0 Å². The van der Waals surface area contributed by atoms with Crippen LogP contribution in [0.2, 0.25) is 0 Å². The van der Waals surface area contributed by atoms with Gasteiger partial charge in [-0.1, -0.05) is 18.7 Å². The number of thioether (sulfide) groups is 1. The van der Waals surface area contributed by atoms with Gasteiger partial charge in [0.25, 0.3) is 11.6 Å². The number of fused-ring (bicyclic) bond motifs is 1. The first-order chi connectivity index (χ1) is 13.2. The molecule has 0 aliphatic heterocycles. The maximum Gasteiger partial charge on any atom is 0.416 e. The number of nitrogens with zero attached hydrogens (tertiary/aromatic N) is 4. The van der Waals surface area contributed by atoms with Crippen molar-refractivity contribution in [2.75, 3.05) is 11.1 Å². The van der Waals surface area contributed by atoms with Gasteiger partial charge in [-0.25, -0.2) is 0 Å². The zero-order valence-electron chi connectivity index (χ0n) is 14.2. The molecule has 3 aromatic rings. The minimum Gasteiger partial charge on any atom is -0.320 e. The molecule has 146 valence electrons. The molecule has 12 heteroatoms.